The Hall–Kier alpha value is -8.14. The van der Waals surface area contributed by atoms with Gasteiger partial charge in [-0.05, 0) is 134 Å². The standard InChI is InChI=1S/C58H34N2O/c1-3-19-46-42(15-1)44-17-5-7-21-48(44)52-31-38(23-26-50(46)52)35-11-9-12-36(29-35)40-25-28-55-54(33-40)57-58(61-55)56(59-34-60-57)41-14-10-13-37(30-41)39-24-27-51-47-20-4-2-16-43(47)45-18-6-8-22-49(45)53(51)32-39/h1-34H/i1D,2D,3D,4D,5D,6D,7D,8D,9D,10D,11D,12D,13D,14D,15D,16D,17D,18D,19D,20D,21D,22D,23D,24D,25D,26D,27D,28D,29D,30D,31D,32D,33D. The molecule has 61 heavy (non-hydrogen) atoms. The maximum Gasteiger partial charge on any atom is 0.180 e. The first kappa shape index (κ1) is 14.8. The van der Waals surface area contributed by atoms with Gasteiger partial charge in [-0.1, -0.05) is 163 Å². The van der Waals surface area contributed by atoms with Gasteiger partial charge < -0.3 is 4.42 Å². The Bertz CT molecular complexity index is 5820. The average molecular weight is 808 g/mol. The third-order valence-electron chi connectivity index (χ3n) is 10.1. The van der Waals surface area contributed by atoms with Crippen molar-refractivity contribution < 1.29 is 49.7 Å². The van der Waals surface area contributed by atoms with Gasteiger partial charge in [0.1, 0.15) is 23.1 Å². The van der Waals surface area contributed by atoms with Crippen LogP contribution in [0, 0.1) is 0 Å². The number of rotatable bonds is 4. The number of benzene rings is 11. The molecule has 11 aromatic carbocycles. The van der Waals surface area contributed by atoms with Crippen molar-refractivity contribution >= 4 is 86.7 Å². The van der Waals surface area contributed by atoms with Crippen molar-refractivity contribution in [2.24, 2.45) is 0 Å². The first-order valence-electron chi connectivity index (χ1n) is 34.6. The van der Waals surface area contributed by atoms with Crippen LogP contribution in [-0.2, 0) is 0 Å². The van der Waals surface area contributed by atoms with Crippen molar-refractivity contribution in [2.45, 2.75) is 0 Å². The predicted octanol–water partition coefficient (Wildman–Crippen LogP) is 16.0. The fraction of sp³-hybridized carbons (Fsp3) is 0. The van der Waals surface area contributed by atoms with Crippen LogP contribution in [0.25, 0.3) is 131 Å². The van der Waals surface area contributed by atoms with E-state index in [1.807, 2.05) is 0 Å². The highest BCUT2D eigenvalue weighted by Gasteiger charge is 2.18. The number of hydrogen-bond donors (Lipinski definition) is 0. The van der Waals surface area contributed by atoms with E-state index in [0.717, 1.165) is 6.33 Å². The Labute approximate surface area is 397 Å². The van der Waals surface area contributed by atoms with Gasteiger partial charge in [0.25, 0.3) is 0 Å². The predicted molar refractivity (Wildman–Crippen MR) is 256 cm³/mol. The molecule has 2 aromatic heterocycles. The number of hydrogen-bond acceptors (Lipinski definition) is 3. The highest BCUT2D eigenvalue weighted by atomic mass is 16.3. The van der Waals surface area contributed by atoms with Gasteiger partial charge in [0, 0.05) is 10.9 Å². The molecule has 0 spiro atoms. The van der Waals surface area contributed by atoms with Gasteiger partial charge in [-0.2, -0.15) is 0 Å². The van der Waals surface area contributed by atoms with Crippen LogP contribution in [0.3, 0.4) is 0 Å². The second-order valence-electron chi connectivity index (χ2n) is 13.5. The van der Waals surface area contributed by atoms with Crippen molar-refractivity contribution in [1.29, 1.82) is 0 Å². The molecule has 0 aliphatic heterocycles. The molecule has 13 rings (SSSR count). The van der Waals surface area contributed by atoms with E-state index in [4.69, 9.17) is 29.1 Å². The van der Waals surface area contributed by atoms with E-state index in [2.05, 4.69) is 9.97 Å². The quantitative estimate of drug-likeness (QED) is 0.166. The summed E-state index contributed by atoms with van der Waals surface area (Å²) in [6.45, 7) is 0. The molecule has 0 bridgehead atoms. The van der Waals surface area contributed by atoms with E-state index in [0.29, 0.717) is 0 Å². The summed E-state index contributed by atoms with van der Waals surface area (Å²) in [6.07, 6.45) is 0.819. The van der Waals surface area contributed by atoms with Crippen LogP contribution in [0.5, 0.6) is 0 Å². The Kier molecular flexibility index (Phi) is 3.21. The molecule has 0 N–H and O–H groups in total. The Balaban J connectivity index is 1.08. The first-order chi connectivity index (χ1) is 44.0. The lowest BCUT2D eigenvalue weighted by molar-refractivity contribution is 0.667. The van der Waals surface area contributed by atoms with Crippen LogP contribution in [0.4, 0.5) is 0 Å². The molecular weight excluding hydrogens is 741 g/mol. The Morgan fingerprint density at radius 2 is 0.656 bits per heavy atom. The summed E-state index contributed by atoms with van der Waals surface area (Å²) in [6, 6.07) is -29.6. The topological polar surface area (TPSA) is 38.9 Å². The van der Waals surface area contributed by atoms with Gasteiger partial charge in [-0.15, -0.1) is 0 Å². The molecule has 0 amide bonds. The largest absolute Gasteiger partial charge is 0.452 e. The molecule has 0 atom stereocenters. The van der Waals surface area contributed by atoms with Crippen molar-refractivity contribution in [1.82, 2.24) is 9.97 Å². The minimum absolute atomic E-state index is 0.446. The lowest BCUT2D eigenvalue weighted by Crippen LogP contribution is -1.88. The van der Waals surface area contributed by atoms with E-state index in [9.17, 15) is 20.6 Å². The molecule has 13 aromatic rings. The summed E-state index contributed by atoms with van der Waals surface area (Å²) in [5, 5.41) is -6.77. The maximum atomic E-state index is 9.78. The van der Waals surface area contributed by atoms with Crippen molar-refractivity contribution in [3.05, 3.63) is 206 Å². The van der Waals surface area contributed by atoms with Crippen LogP contribution >= 0.6 is 0 Å². The highest BCUT2D eigenvalue weighted by Crippen LogP contribution is 2.41. The number of fused-ring (bicyclic) bond motifs is 15. The maximum absolute atomic E-state index is 9.78. The summed E-state index contributed by atoms with van der Waals surface area (Å²) in [4.78, 5) is 8.52. The van der Waals surface area contributed by atoms with E-state index in [1.165, 1.54) is 0 Å². The highest BCUT2D eigenvalue weighted by molar-refractivity contribution is 6.27. The van der Waals surface area contributed by atoms with Crippen molar-refractivity contribution in [3.63, 3.8) is 0 Å². The molecule has 0 saturated heterocycles. The van der Waals surface area contributed by atoms with Crippen LogP contribution in [0.15, 0.2) is 210 Å². The van der Waals surface area contributed by atoms with Crippen LogP contribution in [0.1, 0.15) is 45.2 Å². The van der Waals surface area contributed by atoms with Crippen molar-refractivity contribution in [3.8, 4) is 44.6 Å². The molecular formula is C58H34N2O. The zero-order valence-electron chi connectivity index (χ0n) is 63.4. The lowest BCUT2D eigenvalue weighted by atomic mass is 9.91. The molecule has 2 heterocycles. The van der Waals surface area contributed by atoms with Crippen molar-refractivity contribution in [2.75, 3.05) is 0 Å². The molecule has 282 valence electrons. The molecule has 0 unspecified atom stereocenters. The van der Waals surface area contributed by atoms with Gasteiger partial charge in [-0.3, -0.25) is 0 Å². The number of aromatic nitrogens is 2. The zero-order chi connectivity index (χ0) is 68.7. The van der Waals surface area contributed by atoms with Gasteiger partial charge >= 0.3 is 0 Å². The van der Waals surface area contributed by atoms with E-state index in [-0.39, 0.29) is 0 Å². The first-order valence-corrected chi connectivity index (χ1v) is 18.1. The average Bonchev–Trinajstić information content (AvgIpc) is 0.811. The molecule has 3 heteroatoms. The lowest BCUT2D eigenvalue weighted by Gasteiger charge is -2.12. The van der Waals surface area contributed by atoms with Crippen LogP contribution in [-0.4, -0.2) is 9.97 Å². The van der Waals surface area contributed by atoms with E-state index >= 15 is 0 Å². The summed E-state index contributed by atoms with van der Waals surface area (Å²) in [7, 11) is 0. The van der Waals surface area contributed by atoms with Gasteiger partial charge in [0.15, 0.2) is 5.58 Å². The Morgan fingerprint density at radius 1 is 0.295 bits per heavy atom. The summed E-state index contributed by atoms with van der Waals surface area (Å²) in [5.74, 6) is 0. The van der Waals surface area contributed by atoms with Gasteiger partial charge in [0.2, 0.25) is 0 Å². The third kappa shape index (κ3) is 5.24. The molecule has 0 aliphatic rings. The number of furan rings is 1. The smallest absolute Gasteiger partial charge is 0.180 e. The fourth-order valence-corrected chi connectivity index (χ4v) is 7.44. The summed E-state index contributed by atoms with van der Waals surface area (Å²) in [5.41, 5.74) is -7.87. The molecule has 0 radical (unpaired) electrons. The minimum Gasteiger partial charge on any atom is -0.452 e. The molecule has 0 fully saturated rings. The Morgan fingerprint density at radius 3 is 1.13 bits per heavy atom. The zero-order valence-corrected chi connectivity index (χ0v) is 30.4. The third-order valence-corrected chi connectivity index (χ3v) is 10.1. The van der Waals surface area contributed by atoms with Crippen LogP contribution < -0.4 is 0 Å². The SMILES string of the molecule is [2H]c1c([2H])c(-c2c([2H])c([2H])c3oc4c(-c5c([2H])c([2H])c([2H])c(-c6c([2H])c([2H])c7c8c([2H])c([2H])c([2H])c([2H])c8c8c([2H])c([2H])c([2H])c([2H])c8c7c6[2H])c5[2H])ncnc4c3c2[2H])c([2H])c(-c2c([2H])c([2H])c3c4c([2H])c([2H])c([2H])c([2H])c4c4c([2H])c([2H])c([2H])c([2H])c4c3c2[2H])c1[2H]. The second-order valence-corrected chi connectivity index (χ2v) is 13.5. The fourth-order valence-electron chi connectivity index (χ4n) is 7.44. The number of nitrogens with zero attached hydrogens (tertiary/aromatic N) is 2. The monoisotopic (exact) mass is 807 g/mol. The minimum atomic E-state index is -1.06. The summed E-state index contributed by atoms with van der Waals surface area (Å²) >= 11 is 0. The van der Waals surface area contributed by atoms with Crippen LogP contribution in [0.2, 0.25) is 0 Å². The van der Waals surface area contributed by atoms with Gasteiger partial charge in [-0.25, -0.2) is 9.97 Å². The second kappa shape index (κ2) is 13.2. The van der Waals surface area contributed by atoms with E-state index < -0.39 is 331 Å². The molecule has 0 aliphatic carbocycles. The normalized spacial score (nSPS) is 19.5. The molecule has 3 nitrogen and oxygen atoms in total. The van der Waals surface area contributed by atoms with Gasteiger partial charge in [0.05, 0.1) is 45.2 Å². The molecule has 0 saturated carbocycles. The van der Waals surface area contributed by atoms with E-state index in [1.54, 1.807) is 0 Å². The summed E-state index contributed by atoms with van der Waals surface area (Å²) < 4.78 is 306.